The van der Waals surface area contributed by atoms with Crippen molar-refractivity contribution in [2.75, 3.05) is 0 Å². The molecule has 0 bridgehead atoms. The van der Waals surface area contributed by atoms with Gasteiger partial charge >= 0.3 is 0 Å². The zero-order valence-electron chi connectivity index (χ0n) is 6.52. The van der Waals surface area contributed by atoms with Crippen molar-refractivity contribution in [2.45, 2.75) is 20.3 Å². The van der Waals surface area contributed by atoms with Gasteiger partial charge in [0.05, 0.1) is 0 Å². The monoisotopic (exact) mass is 132 g/mol. The van der Waals surface area contributed by atoms with Gasteiger partial charge in [0, 0.05) is 0 Å². The van der Waals surface area contributed by atoms with Gasteiger partial charge in [-0.2, -0.15) is 0 Å². The lowest BCUT2D eigenvalue weighted by Gasteiger charge is -1.88. The van der Waals surface area contributed by atoms with Gasteiger partial charge in [-0.3, -0.25) is 0 Å². The van der Waals surface area contributed by atoms with Crippen molar-refractivity contribution >= 4 is 0 Å². The van der Waals surface area contributed by atoms with Crippen LogP contribution in [0.25, 0.3) is 0 Å². The fraction of sp³-hybridized carbons (Fsp3) is 0.300. The Morgan fingerprint density at radius 3 is 2.80 bits per heavy atom. The number of allylic oxidation sites excluding steroid dienone is 5. The summed E-state index contributed by atoms with van der Waals surface area (Å²) < 4.78 is 0. The van der Waals surface area contributed by atoms with Crippen molar-refractivity contribution < 1.29 is 0 Å². The number of rotatable bonds is 1. The van der Waals surface area contributed by atoms with Gasteiger partial charge < -0.3 is 0 Å². The molecule has 0 nitrogen and oxygen atoms in total. The van der Waals surface area contributed by atoms with Gasteiger partial charge in [0.25, 0.3) is 0 Å². The molecule has 0 radical (unpaired) electrons. The lowest BCUT2D eigenvalue weighted by Crippen LogP contribution is -1.69. The molecule has 0 saturated carbocycles. The van der Waals surface area contributed by atoms with Crippen LogP contribution in [0.15, 0.2) is 41.2 Å². The van der Waals surface area contributed by atoms with Crippen LogP contribution in [0.4, 0.5) is 0 Å². The summed E-state index contributed by atoms with van der Waals surface area (Å²) in [5, 5.41) is 0. The van der Waals surface area contributed by atoms with E-state index in [1.807, 2.05) is 12.2 Å². The molecular weight excluding hydrogens is 120 g/mol. The second-order valence-electron chi connectivity index (χ2n) is 2.46. The average molecular weight is 132 g/mol. The quantitative estimate of drug-likeness (QED) is 0.481. The first kappa shape index (κ1) is 7.11. The first-order chi connectivity index (χ1) is 4.83. The molecule has 1 aliphatic rings. The Hall–Kier alpha value is -1.00. The van der Waals surface area contributed by atoms with Gasteiger partial charge in [0.1, 0.15) is 0 Å². The minimum Gasteiger partial charge on any atom is -0.120 e. The molecule has 0 atom stereocenters. The Kier molecular flexibility index (Phi) is 2.30. The van der Waals surface area contributed by atoms with Gasteiger partial charge in [0.15, 0.2) is 0 Å². The van der Waals surface area contributed by atoms with Gasteiger partial charge in [-0.25, -0.2) is 0 Å². The largest absolute Gasteiger partial charge is 0.120 e. The summed E-state index contributed by atoms with van der Waals surface area (Å²) in [6.45, 7) is 4.23. The molecular formula is C10H12. The first-order valence-corrected chi connectivity index (χ1v) is 3.63. The molecule has 0 heteroatoms. The maximum absolute atomic E-state index is 3.11. The first-order valence-electron chi connectivity index (χ1n) is 3.63. The Bertz CT molecular complexity index is 233. The molecule has 0 saturated heterocycles. The maximum atomic E-state index is 3.11. The van der Waals surface area contributed by atoms with Crippen LogP contribution in [0.5, 0.6) is 0 Å². The van der Waals surface area contributed by atoms with E-state index in [1.165, 1.54) is 11.1 Å². The van der Waals surface area contributed by atoms with Gasteiger partial charge in [-0.05, 0) is 36.6 Å². The highest BCUT2D eigenvalue weighted by Gasteiger charge is 1.87. The molecule has 0 amide bonds. The highest BCUT2D eigenvalue weighted by atomic mass is 13.9. The van der Waals surface area contributed by atoms with Crippen molar-refractivity contribution in [3.8, 4) is 0 Å². The predicted molar refractivity (Wildman–Crippen MR) is 44.8 cm³/mol. The highest BCUT2D eigenvalue weighted by molar-refractivity contribution is 5.32. The molecule has 0 unspecified atom stereocenters. The van der Waals surface area contributed by atoms with E-state index < -0.39 is 0 Å². The van der Waals surface area contributed by atoms with E-state index in [-0.39, 0.29) is 0 Å². The van der Waals surface area contributed by atoms with E-state index in [2.05, 4.69) is 31.7 Å². The summed E-state index contributed by atoms with van der Waals surface area (Å²) in [7, 11) is 0. The summed E-state index contributed by atoms with van der Waals surface area (Å²) in [5.74, 6) is 0. The second kappa shape index (κ2) is 3.24. The third-order valence-corrected chi connectivity index (χ3v) is 1.55. The lowest BCUT2D eigenvalue weighted by atomic mass is 10.2. The Morgan fingerprint density at radius 1 is 1.30 bits per heavy atom. The van der Waals surface area contributed by atoms with Crippen molar-refractivity contribution in [2.24, 2.45) is 0 Å². The molecule has 0 aromatic heterocycles. The zero-order chi connectivity index (χ0) is 7.40. The van der Waals surface area contributed by atoms with E-state index in [4.69, 9.17) is 0 Å². The van der Waals surface area contributed by atoms with E-state index in [9.17, 15) is 0 Å². The molecule has 0 aliphatic heterocycles. The summed E-state index contributed by atoms with van der Waals surface area (Å²) in [6, 6.07) is 0. The van der Waals surface area contributed by atoms with E-state index in [0.29, 0.717) is 0 Å². The molecule has 0 spiro atoms. The van der Waals surface area contributed by atoms with Crippen LogP contribution in [0, 0.1) is 0 Å². The van der Waals surface area contributed by atoms with E-state index in [1.54, 1.807) is 0 Å². The van der Waals surface area contributed by atoms with Gasteiger partial charge in [0.2, 0.25) is 0 Å². The van der Waals surface area contributed by atoms with Crippen LogP contribution < -0.4 is 0 Å². The Morgan fingerprint density at radius 2 is 2.10 bits per heavy atom. The third kappa shape index (κ3) is 1.75. The number of hydrogen-bond acceptors (Lipinski definition) is 0. The minimum absolute atomic E-state index is 1.09. The van der Waals surface area contributed by atoms with Crippen LogP contribution in [0.3, 0.4) is 0 Å². The molecule has 1 rings (SSSR count). The van der Waals surface area contributed by atoms with Crippen molar-refractivity contribution in [3.63, 3.8) is 0 Å². The van der Waals surface area contributed by atoms with Crippen molar-refractivity contribution in [1.82, 2.24) is 0 Å². The maximum Gasteiger partial charge on any atom is -0.0168 e. The fourth-order valence-electron chi connectivity index (χ4n) is 0.835. The van der Waals surface area contributed by atoms with Crippen LogP contribution in [-0.4, -0.2) is 0 Å². The molecule has 0 N–H and O–H groups in total. The Labute approximate surface area is 62.3 Å². The molecule has 0 heterocycles. The standard InChI is InChI=1S/C10H12/c1-3-10-6-4-5-9(2)7-8-10/h5-8H,3H2,1-2H3. The summed E-state index contributed by atoms with van der Waals surface area (Å²) >= 11 is 0. The summed E-state index contributed by atoms with van der Waals surface area (Å²) in [4.78, 5) is 0. The summed E-state index contributed by atoms with van der Waals surface area (Å²) in [6.07, 6.45) is 9.39. The summed E-state index contributed by atoms with van der Waals surface area (Å²) in [5.41, 5.74) is 5.72. The van der Waals surface area contributed by atoms with Crippen LogP contribution >= 0.6 is 0 Å². The number of hydrogen-bond donors (Lipinski definition) is 0. The normalized spacial score (nSPS) is 16.2. The fourth-order valence-corrected chi connectivity index (χ4v) is 0.835. The van der Waals surface area contributed by atoms with Crippen molar-refractivity contribution in [1.29, 1.82) is 0 Å². The molecule has 10 heavy (non-hydrogen) atoms. The molecule has 0 fully saturated rings. The highest BCUT2D eigenvalue weighted by Crippen LogP contribution is 2.07. The zero-order valence-corrected chi connectivity index (χ0v) is 6.52. The van der Waals surface area contributed by atoms with Crippen LogP contribution in [-0.2, 0) is 0 Å². The van der Waals surface area contributed by atoms with E-state index >= 15 is 0 Å². The third-order valence-electron chi connectivity index (χ3n) is 1.55. The topological polar surface area (TPSA) is 0 Å². The van der Waals surface area contributed by atoms with Crippen LogP contribution in [0.1, 0.15) is 20.3 Å². The van der Waals surface area contributed by atoms with Crippen LogP contribution in [0.2, 0.25) is 0 Å². The smallest absolute Gasteiger partial charge is 0.0168 e. The van der Waals surface area contributed by atoms with Gasteiger partial charge in [-0.1, -0.05) is 19.1 Å². The van der Waals surface area contributed by atoms with Gasteiger partial charge in [-0.15, -0.1) is 5.73 Å². The predicted octanol–water partition coefficient (Wildman–Crippen LogP) is 2.99. The molecule has 0 aromatic carbocycles. The molecule has 52 valence electrons. The van der Waals surface area contributed by atoms with E-state index in [0.717, 1.165) is 6.42 Å². The minimum atomic E-state index is 1.09. The second-order valence-corrected chi connectivity index (χ2v) is 2.46. The lowest BCUT2D eigenvalue weighted by molar-refractivity contribution is 1.15. The SMILES string of the molecule is CCC1=CC=C(C)C=C=C1. The average Bonchev–Trinajstić information content (AvgIpc) is 2.14. The van der Waals surface area contributed by atoms with Crippen molar-refractivity contribution in [3.05, 3.63) is 41.2 Å². The Balaban J connectivity index is 2.91. The molecule has 1 aliphatic carbocycles. The molecule has 0 aromatic rings.